The van der Waals surface area contributed by atoms with Crippen molar-refractivity contribution in [3.05, 3.63) is 54.0 Å². The molecule has 28 heavy (non-hydrogen) atoms. The van der Waals surface area contributed by atoms with E-state index in [0.717, 1.165) is 35.1 Å². The monoisotopic (exact) mass is 496 g/mol. The van der Waals surface area contributed by atoms with E-state index in [2.05, 4.69) is 25.8 Å². The van der Waals surface area contributed by atoms with Crippen molar-refractivity contribution >= 4 is 35.6 Å². The van der Waals surface area contributed by atoms with Gasteiger partial charge in [0.25, 0.3) is 0 Å². The quantitative estimate of drug-likeness (QED) is 0.297. The molecule has 9 heteroatoms. The van der Waals surface area contributed by atoms with E-state index in [0.29, 0.717) is 19.0 Å². The number of fused-ring (bicyclic) bond motifs is 1. The summed E-state index contributed by atoms with van der Waals surface area (Å²) in [5.41, 5.74) is 1.79. The van der Waals surface area contributed by atoms with Crippen LogP contribution in [0.25, 0.3) is 5.65 Å². The number of aromatic nitrogens is 3. The molecular weight excluding hydrogens is 471 g/mol. The van der Waals surface area contributed by atoms with Crippen molar-refractivity contribution in [2.75, 3.05) is 20.8 Å². The molecule has 0 fully saturated rings. The fourth-order valence-corrected chi connectivity index (χ4v) is 2.66. The minimum atomic E-state index is 0. The predicted molar refractivity (Wildman–Crippen MR) is 120 cm³/mol. The average molecular weight is 496 g/mol. The number of hydrogen-bond acceptors (Lipinski definition) is 5. The van der Waals surface area contributed by atoms with Gasteiger partial charge in [0.15, 0.2) is 17.4 Å². The Labute approximate surface area is 181 Å². The van der Waals surface area contributed by atoms with Gasteiger partial charge in [-0.05, 0) is 31.2 Å². The maximum absolute atomic E-state index is 5.44. The van der Waals surface area contributed by atoms with E-state index in [1.54, 1.807) is 14.2 Å². The molecule has 0 saturated heterocycles. The van der Waals surface area contributed by atoms with Gasteiger partial charge in [0.05, 0.1) is 27.3 Å². The number of ether oxygens (including phenoxy) is 2. The zero-order valence-corrected chi connectivity index (χ0v) is 18.5. The summed E-state index contributed by atoms with van der Waals surface area (Å²) in [7, 11) is 3.27. The first-order valence-electron chi connectivity index (χ1n) is 8.77. The molecule has 0 atom stereocenters. The van der Waals surface area contributed by atoms with Crippen molar-refractivity contribution in [2.24, 2.45) is 4.99 Å². The summed E-state index contributed by atoms with van der Waals surface area (Å²) in [6.07, 6.45) is 1.94. The van der Waals surface area contributed by atoms with E-state index in [9.17, 15) is 0 Å². The van der Waals surface area contributed by atoms with Gasteiger partial charge < -0.3 is 20.1 Å². The topological polar surface area (TPSA) is 85.1 Å². The van der Waals surface area contributed by atoms with Crippen LogP contribution in [0.15, 0.2) is 47.6 Å². The van der Waals surface area contributed by atoms with Gasteiger partial charge in [-0.2, -0.15) is 0 Å². The first-order chi connectivity index (χ1) is 13.2. The molecule has 2 aromatic heterocycles. The molecule has 0 spiro atoms. The van der Waals surface area contributed by atoms with Crippen molar-refractivity contribution in [1.29, 1.82) is 0 Å². The number of nitrogens with one attached hydrogen (secondary N) is 2. The number of benzene rings is 1. The normalized spacial score (nSPS) is 11.0. The van der Waals surface area contributed by atoms with Gasteiger partial charge >= 0.3 is 0 Å². The summed E-state index contributed by atoms with van der Waals surface area (Å²) in [4.78, 5) is 4.64. The van der Waals surface area contributed by atoms with Crippen LogP contribution in [-0.4, -0.2) is 41.3 Å². The van der Waals surface area contributed by atoms with Crippen LogP contribution in [0, 0.1) is 0 Å². The summed E-state index contributed by atoms with van der Waals surface area (Å²) in [5.74, 6) is 3.02. The number of nitrogens with zero attached hydrogens (tertiary/aromatic N) is 4. The number of hydrogen-bond donors (Lipinski definition) is 2. The molecule has 0 radical (unpaired) electrons. The number of pyridine rings is 1. The minimum absolute atomic E-state index is 0. The Morgan fingerprint density at radius 3 is 2.71 bits per heavy atom. The number of rotatable bonds is 7. The summed E-state index contributed by atoms with van der Waals surface area (Å²) >= 11 is 0. The lowest BCUT2D eigenvalue weighted by Gasteiger charge is -2.12. The molecule has 2 N–H and O–H groups in total. The van der Waals surface area contributed by atoms with E-state index >= 15 is 0 Å². The second-order valence-electron chi connectivity index (χ2n) is 5.77. The van der Waals surface area contributed by atoms with Crippen molar-refractivity contribution in [2.45, 2.75) is 20.0 Å². The fraction of sp³-hybridized carbons (Fsp3) is 0.316. The molecule has 150 valence electrons. The number of aliphatic imine (C=N–C) groups is 1. The molecule has 2 heterocycles. The Balaban J connectivity index is 0.00000280. The molecule has 0 amide bonds. The first kappa shape index (κ1) is 21.7. The Kier molecular flexibility index (Phi) is 8.30. The number of halogens is 1. The van der Waals surface area contributed by atoms with E-state index in [4.69, 9.17) is 9.47 Å². The highest BCUT2D eigenvalue weighted by Crippen LogP contribution is 2.25. The molecule has 1 aromatic carbocycles. The molecule has 0 aliphatic rings. The third-order valence-electron chi connectivity index (χ3n) is 4.04. The standard InChI is InChI=1S/C19H24N6O2.HI/c1-4-20-19(21-12-14-8-9-15(26-2)11-16(14)27-3)22-13-18-24-23-17-7-5-6-10-25(17)18;/h5-11H,4,12-13H2,1-3H3,(H2,20,21,22);1H. The maximum atomic E-state index is 5.44. The van der Waals surface area contributed by atoms with Crippen LogP contribution in [0.2, 0.25) is 0 Å². The maximum Gasteiger partial charge on any atom is 0.191 e. The lowest BCUT2D eigenvalue weighted by Crippen LogP contribution is -2.37. The highest BCUT2D eigenvalue weighted by Gasteiger charge is 2.07. The zero-order chi connectivity index (χ0) is 19.1. The molecule has 0 unspecified atom stereocenters. The van der Waals surface area contributed by atoms with Gasteiger partial charge in [-0.15, -0.1) is 34.2 Å². The summed E-state index contributed by atoms with van der Waals surface area (Å²) < 4.78 is 12.6. The third-order valence-corrected chi connectivity index (χ3v) is 4.04. The molecule has 0 saturated carbocycles. The second-order valence-corrected chi connectivity index (χ2v) is 5.77. The van der Waals surface area contributed by atoms with Crippen molar-refractivity contribution in [1.82, 2.24) is 25.2 Å². The van der Waals surface area contributed by atoms with E-state index < -0.39 is 0 Å². The van der Waals surface area contributed by atoms with Crippen LogP contribution in [0.3, 0.4) is 0 Å². The van der Waals surface area contributed by atoms with Gasteiger partial charge in [0.2, 0.25) is 0 Å². The van der Waals surface area contributed by atoms with Crippen molar-refractivity contribution in [3.63, 3.8) is 0 Å². The van der Waals surface area contributed by atoms with Crippen molar-refractivity contribution < 1.29 is 9.47 Å². The van der Waals surface area contributed by atoms with Gasteiger partial charge in [0, 0.05) is 24.4 Å². The molecule has 3 aromatic rings. The van der Waals surface area contributed by atoms with Crippen LogP contribution in [-0.2, 0) is 13.1 Å². The number of guanidine groups is 1. The summed E-state index contributed by atoms with van der Waals surface area (Å²) in [5, 5.41) is 14.9. The third kappa shape index (κ3) is 5.24. The smallest absolute Gasteiger partial charge is 0.191 e. The largest absolute Gasteiger partial charge is 0.497 e. The Bertz CT molecular complexity index is 928. The Morgan fingerprint density at radius 1 is 1.11 bits per heavy atom. The molecule has 0 aliphatic carbocycles. The van der Waals surface area contributed by atoms with Gasteiger partial charge in [-0.25, -0.2) is 4.99 Å². The zero-order valence-electron chi connectivity index (χ0n) is 16.2. The van der Waals surface area contributed by atoms with Crippen LogP contribution >= 0.6 is 24.0 Å². The SMILES string of the molecule is CCNC(=NCc1ccc(OC)cc1OC)NCc1nnc2ccccn12.I. The number of methoxy groups -OCH3 is 2. The highest BCUT2D eigenvalue weighted by molar-refractivity contribution is 14.0. The average Bonchev–Trinajstić information content (AvgIpc) is 3.13. The van der Waals surface area contributed by atoms with E-state index in [-0.39, 0.29) is 24.0 Å². The first-order valence-corrected chi connectivity index (χ1v) is 8.77. The minimum Gasteiger partial charge on any atom is -0.497 e. The lowest BCUT2D eigenvalue weighted by atomic mass is 10.2. The van der Waals surface area contributed by atoms with Crippen LogP contribution in [0.1, 0.15) is 18.3 Å². The molecular formula is C19H25IN6O2. The predicted octanol–water partition coefficient (Wildman–Crippen LogP) is 2.62. The van der Waals surface area contributed by atoms with Crippen LogP contribution in [0.4, 0.5) is 0 Å². The summed E-state index contributed by atoms with van der Waals surface area (Å²) in [6, 6.07) is 11.5. The Hall–Kier alpha value is -2.56. The van der Waals surface area contributed by atoms with Gasteiger partial charge in [-0.1, -0.05) is 6.07 Å². The highest BCUT2D eigenvalue weighted by atomic mass is 127. The van der Waals surface area contributed by atoms with E-state index in [1.165, 1.54) is 0 Å². The second kappa shape index (κ2) is 10.7. The fourth-order valence-electron chi connectivity index (χ4n) is 2.66. The lowest BCUT2D eigenvalue weighted by molar-refractivity contribution is 0.391. The van der Waals surface area contributed by atoms with Crippen LogP contribution in [0.5, 0.6) is 11.5 Å². The van der Waals surface area contributed by atoms with E-state index in [1.807, 2.05) is 53.9 Å². The van der Waals surface area contributed by atoms with Crippen molar-refractivity contribution in [3.8, 4) is 11.5 Å². The Morgan fingerprint density at radius 2 is 1.96 bits per heavy atom. The molecule has 0 bridgehead atoms. The van der Waals surface area contributed by atoms with Crippen LogP contribution < -0.4 is 20.1 Å². The van der Waals surface area contributed by atoms with Gasteiger partial charge in [-0.3, -0.25) is 4.40 Å². The van der Waals surface area contributed by atoms with Gasteiger partial charge in [0.1, 0.15) is 11.5 Å². The molecule has 8 nitrogen and oxygen atoms in total. The molecule has 0 aliphatic heterocycles. The summed E-state index contributed by atoms with van der Waals surface area (Å²) in [6.45, 7) is 3.77. The molecule has 3 rings (SSSR count).